The number of aryl methyl sites for hydroxylation is 1. The predicted octanol–water partition coefficient (Wildman–Crippen LogP) is 0.379. The number of hydrogen-bond acceptors (Lipinski definition) is 7. The van der Waals surface area contributed by atoms with Gasteiger partial charge in [0.2, 0.25) is 11.8 Å². The number of amides is 2. The van der Waals surface area contributed by atoms with E-state index in [0.717, 1.165) is 29.9 Å². The average molecular weight is 426 g/mol. The van der Waals surface area contributed by atoms with Crippen LogP contribution in [0, 0.1) is 5.82 Å². The van der Waals surface area contributed by atoms with Crippen molar-refractivity contribution in [1.82, 2.24) is 30.0 Å². The Kier molecular flexibility index (Phi) is 6.03. The second-order valence-electron chi connectivity index (χ2n) is 7.30. The van der Waals surface area contributed by atoms with Crippen molar-refractivity contribution in [2.24, 2.45) is 7.05 Å². The maximum atomic E-state index is 12.9. The van der Waals surface area contributed by atoms with Gasteiger partial charge in [0.25, 0.3) is 0 Å². The molecule has 0 radical (unpaired) electrons. The fourth-order valence-electron chi connectivity index (χ4n) is 3.50. The summed E-state index contributed by atoms with van der Waals surface area (Å²) in [4.78, 5) is 37.0. The van der Waals surface area contributed by atoms with E-state index in [4.69, 9.17) is 0 Å². The first kappa shape index (κ1) is 20.7. The number of fused-ring (bicyclic) bond motifs is 1. The maximum Gasteiger partial charge on any atom is 0.243 e. The van der Waals surface area contributed by atoms with Crippen LogP contribution in [-0.4, -0.2) is 75.7 Å². The van der Waals surface area contributed by atoms with Gasteiger partial charge in [-0.25, -0.2) is 14.4 Å². The zero-order valence-corrected chi connectivity index (χ0v) is 17.1. The fourth-order valence-corrected chi connectivity index (χ4v) is 3.50. The molecule has 31 heavy (non-hydrogen) atoms. The Balaban J connectivity index is 1.22. The van der Waals surface area contributed by atoms with Crippen LogP contribution in [0.4, 0.5) is 15.9 Å². The third-order valence-electron chi connectivity index (χ3n) is 5.12. The van der Waals surface area contributed by atoms with Gasteiger partial charge in [-0.3, -0.25) is 19.2 Å². The standard InChI is InChI=1S/C20H23FN8O2/c1-27-19-16(10-25-27)20(24-13-23-19)29-8-6-28(7-9-29)12-18(31)22-11-17(30)26-15-4-2-14(21)3-5-15/h2-5,10,13H,6-9,11-12H2,1H3,(H,22,31)(H,26,30). The second kappa shape index (κ2) is 9.04. The van der Waals surface area contributed by atoms with Gasteiger partial charge in [-0.05, 0) is 24.3 Å². The van der Waals surface area contributed by atoms with Gasteiger partial charge in [-0.2, -0.15) is 5.10 Å². The molecule has 4 rings (SSSR count). The highest BCUT2D eigenvalue weighted by Crippen LogP contribution is 2.23. The molecule has 1 saturated heterocycles. The van der Waals surface area contributed by atoms with Crippen LogP contribution >= 0.6 is 0 Å². The lowest BCUT2D eigenvalue weighted by atomic mass is 10.2. The van der Waals surface area contributed by atoms with Crippen LogP contribution in [0.2, 0.25) is 0 Å². The van der Waals surface area contributed by atoms with E-state index in [9.17, 15) is 14.0 Å². The monoisotopic (exact) mass is 426 g/mol. The van der Waals surface area contributed by atoms with E-state index in [1.807, 2.05) is 11.9 Å². The highest BCUT2D eigenvalue weighted by molar-refractivity contribution is 5.94. The number of carbonyl (C=O) groups is 2. The van der Waals surface area contributed by atoms with Crippen molar-refractivity contribution in [1.29, 1.82) is 0 Å². The smallest absolute Gasteiger partial charge is 0.243 e. The summed E-state index contributed by atoms with van der Waals surface area (Å²) in [5.74, 6) is -0.121. The summed E-state index contributed by atoms with van der Waals surface area (Å²) in [6.07, 6.45) is 3.30. The summed E-state index contributed by atoms with van der Waals surface area (Å²) in [6, 6.07) is 5.44. The molecule has 1 aromatic carbocycles. The Morgan fingerprint density at radius 1 is 1.06 bits per heavy atom. The molecule has 0 unspecified atom stereocenters. The number of rotatable bonds is 6. The van der Waals surface area contributed by atoms with Crippen molar-refractivity contribution in [3.63, 3.8) is 0 Å². The van der Waals surface area contributed by atoms with Crippen LogP contribution in [0.25, 0.3) is 11.0 Å². The van der Waals surface area contributed by atoms with E-state index in [0.29, 0.717) is 18.8 Å². The summed E-state index contributed by atoms with van der Waals surface area (Å²) >= 11 is 0. The van der Waals surface area contributed by atoms with Crippen LogP contribution in [0.5, 0.6) is 0 Å². The highest BCUT2D eigenvalue weighted by atomic mass is 19.1. The predicted molar refractivity (Wildman–Crippen MR) is 113 cm³/mol. The Labute approximate surface area is 178 Å². The minimum atomic E-state index is -0.379. The Bertz CT molecular complexity index is 1080. The van der Waals surface area contributed by atoms with Gasteiger partial charge >= 0.3 is 0 Å². The first-order chi connectivity index (χ1) is 15.0. The molecule has 0 aliphatic carbocycles. The summed E-state index contributed by atoms with van der Waals surface area (Å²) in [7, 11) is 1.84. The third-order valence-corrected chi connectivity index (χ3v) is 5.12. The molecule has 0 atom stereocenters. The Hall–Kier alpha value is -3.60. The zero-order chi connectivity index (χ0) is 21.8. The third kappa shape index (κ3) is 4.94. The van der Waals surface area contributed by atoms with Crippen LogP contribution in [-0.2, 0) is 16.6 Å². The van der Waals surface area contributed by atoms with Crippen LogP contribution in [0.1, 0.15) is 0 Å². The number of benzene rings is 1. The van der Waals surface area contributed by atoms with Gasteiger partial charge in [0.1, 0.15) is 18.0 Å². The zero-order valence-electron chi connectivity index (χ0n) is 17.1. The van der Waals surface area contributed by atoms with Crippen molar-refractivity contribution >= 4 is 34.4 Å². The van der Waals surface area contributed by atoms with Gasteiger partial charge in [-0.15, -0.1) is 0 Å². The minimum Gasteiger partial charge on any atom is -0.353 e. The molecule has 1 aliphatic heterocycles. The lowest BCUT2D eigenvalue weighted by Gasteiger charge is -2.35. The molecule has 2 amide bonds. The van der Waals surface area contributed by atoms with Crippen LogP contribution in [0.15, 0.2) is 36.8 Å². The number of halogens is 1. The van der Waals surface area contributed by atoms with Crippen molar-refractivity contribution < 1.29 is 14.0 Å². The molecule has 0 bridgehead atoms. The Morgan fingerprint density at radius 3 is 2.55 bits per heavy atom. The molecule has 0 saturated carbocycles. The van der Waals surface area contributed by atoms with Gasteiger partial charge in [0.05, 0.1) is 24.7 Å². The van der Waals surface area contributed by atoms with E-state index >= 15 is 0 Å². The number of carbonyl (C=O) groups excluding carboxylic acids is 2. The van der Waals surface area contributed by atoms with Crippen molar-refractivity contribution in [2.75, 3.05) is 49.5 Å². The largest absolute Gasteiger partial charge is 0.353 e. The number of nitrogens with one attached hydrogen (secondary N) is 2. The van der Waals surface area contributed by atoms with Crippen molar-refractivity contribution in [3.05, 3.63) is 42.6 Å². The summed E-state index contributed by atoms with van der Waals surface area (Å²) in [6.45, 7) is 2.90. The molecule has 0 spiro atoms. The highest BCUT2D eigenvalue weighted by Gasteiger charge is 2.22. The quantitative estimate of drug-likeness (QED) is 0.587. The fraction of sp³-hybridized carbons (Fsp3) is 0.350. The maximum absolute atomic E-state index is 12.9. The van der Waals surface area contributed by atoms with E-state index in [-0.39, 0.29) is 30.7 Å². The van der Waals surface area contributed by atoms with Gasteiger partial charge < -0.3 is 15.5 Å². The summed E-state index contributed by atoms with van der Waals surface area (Å²) in [5, 5.41) is 10.4. The topological polar surface area (TPSA) is 108 Å². The van der Waals surface area contributed by atoms with E-state index < -0.39 is 0 Å². The summed E-state index contributed by atoms with van der Waals surface area (Å²) < 4.78 is 14.6. The molecule has 2 aromatic heterocycles. The molecule has 3 aromatic rings. The number of hydrogen-bond donors (Lipinski definition) is 2. The van der Waals surface area contributed by atoms with E-state index in [1.165, 1.54) is 30.6 Å². The normalized spacial score (nSPS) is 14.6. The molecule has 2 N–H and O–H groups in total. The minimum absolute atomic E-state index is 0.143. The van der Waals surface area contributed by atoms with E-state index in [2.05, 4.69) is 30.6 Å². The lowest BCUT2D eigenvalue weighted by molar-refractivity contribution is -0.125. The molecular weight excluding hydrogens is 403 g/mol. The van der Waals surface area contributed by atoms with Gasteiger partial charge in [0, 0.05) is 38.9 Å². The summed E-state index contributed by atoms with van der Waals surface area (Å²) in [5.41, 5.74) is 1.26. The SMILES string of the molecule is Cn1ncc2c(N3CCN(CC(=O)NCC(=O)Nc4ccc(F)cc4)CC3)ncnc21. The van der Waals surface area contributed by atoms with Crippen molar-refractivity contribution in [3.8, 4) is 0 Å². The van der Waals surface area contributed by atoms with Crippen LogP contribution < -0.4 is 15.5 Å². The molecule has 11 heteroatoms. The molecule has 1 aliphatic rings. The average Bonchev–Trinajstić information content (AvgIpc) is 3.16. The first-order valence-corrected chi connectivity index (χ1v) is 9.92. The molecule has 1 fully saturated rings. The lowest BCUT2D eigenvalue weighted by Crippen LogP contribution is -2.50. The second-order valence-corrected chi connectivity index (χ2v) is 7.30. The molecule has 10 nitrogen and oxygen atoms in total. The Morgan fingerprint density at radius 2 is 1.81 bits per heavy atom. The van der Waals surface area contributed by atoms with Gasteiger partial charge in [-0.1, -0.05) is 0 Å². The molecule has 162 valence electrons. The van der Waals surface area contributed by atoms with Crippen molar-refractivity contribution in [2.45, 2.75) is 0 Å². The first-order valence-electron chi connectivity index (χ1n) is 9.92. The van der Waals surface area contributed by atoms with Crippen LogP contribution in [0.3, 0.4) is 0 Å². The number of piperazine rings is 1. The number of nitrogens with zero attached hydrogens (tertiary/aromatic N) is 6. The molecule has 3 heterocycles. The number of aromatic nitrogens is 4. The number of anilines is 2. The molecular formula is C20H23FN8O2. The van der Waals surface area contributed by atoms with Gasteiger partial charge in [0.15, 0.2) is 5.65 Å². The van der Waals surface area contributed by atoms with E-state index in [1.54, 1.807) is 10.9 Å².